The Bertz CT molecular complexity index is 562. The first kappa shape index (κ1) is 18.5. The van der Waals surface area contributed by atoms with Gasteiger partial charge in [-0.2, -0.15) is 0 Å². The van der Waals surface area contributed by atoms with Gasteiger partial charge in [0.2, 0.25) is 11.8 Å². The second kappa shape index (κ2) is 8.29. The van der Waals surface area contributed by atoms with E-state index in [-0.39, 0.29) is 18.2 Å². The fourth-order valence-corrected chi connectivity index (χ4v) is 3.38. The van der Waals surface area contributed by atoms with Gasteiger partial charge in [0.15, 0.2) is 0 Å². The van der Waals surface area contributed by atoms with E-state index in [0.29, 0.717) is 24.9 Å². The van der Waals surface area contributed by atoms with Gasteiger partial charge in [0, 0.05) is 24.3 Å². The van der Waals surface area contributed by atoms with E-state index in [4.69, 9.17) is 0 Å². The van der Waals surface area contributed by atoms with Crippen molar-refractivity contribution in [1.29, 1.82) is 0 Å². The molecular formula is C19H28N2O3. The first-order valence-electron chi connectivity index (χ1n) is 8.90. The topological polar surface area (TPSA) is 69.6 Å². The van der Waals surface area contributed by atoms with E-state index in [2.05, 4.69) is 5.32 Å². The highest BCUT2D eigenvalue weighted by atomic mass is 16.3. The minimum Gasteiger partial charge on any atom is -0.389 e. The number of nitrogens with zero attached hydrogens (tertiary/aromatic N) is 1. The van der Waals surface area contributed by atoms with Gasteiger partial charge in [-0.3, -0.25) is 9.59 Å². The molecule has 1 fully saturated rings. The second-order valence-electron chi connectivity index (χ2n) is 6.65. The van der Waals surface area contributed by atoms with Gasteiger partial charge in [0.05, 0.1) is 12.0 Å². The summed E-state index contributed by atoms with van der Waals surface area (Å²) in [7, 11) is 0. The number of benzene rings is 1. The fourth-order valence-electron chi connectivity index (χ4n) is 3.38. The van der Waals surface area contributed by atoms with Gasteiger partial charge in [-0.1, -0.05) is 26.7 Å². The van der Waals surface area contributed by atoms with Crippen molar-refractivity contribution in [1.82, 2.24) is 0 Å². The first-order valence-corrected chi connectivity index (χ1v) is 8.90. The lowest BCUT2D eigenvalue weighted by Gasteiger charge is -2.26. The Morgan fingerprint density at radius 2 is 1.83 bits per heavy atom. The van der Waals surface area contributed by atoms with Gasteiger partial charge in [-0.15, -0.1) is 0 Å². The molecule has 0 aromatic heterocycles. The van der Waals surface area contributed by atoms with Crippen LogP contribution >= 0.6 is 0 Å². The molecular weight excluding hydrogens is 304 g/mol. The maximum Gasteiger partial charge on any atom is 0.227 e. The Labute approximate surface area is 144 Å². The molecule has 1 aliphatic rings. The highest BCUT2D eigenvalue weighted by molar-refractivity contribution is 5.96. The Balaban J connectivity index is 1.95. The lowest BCUT2D eigenvalue weighted by Crippen LogP contribution is -2.33. The number of carbonyl (C=O) groups excluding carboxylic acids is 2. The number of nitrogens with one attached hydrogen (secondary N) is 1. The van der Waals surface area contributed by atoms with Crippen molar-refractivity contribution >= 4 is 23.2 Å². The largest absolute Gasteiger partial charge is 0.389 e. The molecule has 132 valence electrons. The molecule has 5 heteroatoms. The van der Waals surface area contributed by atoms with E-state index in [1.54, 1.807) is 17.0 Å². The van der Waals surface area contributed by atoms with Crippen LogP contribution in [0.15, 0.2) is 24.3 Å². The molecule has 2 N–H and O–H groups in total. The smallest absolute Gasteiger partial charge is 0.227 e. The van der Waals surface area contributed by atoms with Crippen LogP contribution in [0.4, 0.5) is 11.4 Å². The molecule has 2 amide bonds. The summed E-state index contributed by atoms with van der Waals surface area (Å²) in [5.41, 5.74) is 0.630. The zero-order valence-corrected chi connectivity index (χ0v) is 14.7. The van der Waals surface area contributed by atoms with Crippen molar-refractivity contribution in [2.24, 2.45) is 0 Å². The Morgan fingerprint density at radius 1 is 1.21 bits per heavy atom. The van der Waals surface area contributed by atoms with Crippen LogP contribution in [0.3, 0.4) is 0 Å². The molecule has 1 heterocycles. The summed E-state index contributed by atoms with van der Waals surface area (Å²) < 4.78 is 0. The molecule has 0 unspecified atom stereocenters. The summed E-state index contributed by atoms with van der Waals surface area (Å²) in [6.45, 7) is 4.78. The molecule has 0 spiro atoms. The van der Waals surface area contributed by atoms with Gasteiger partial charge in [0.1, 0.15) is 0 Å². The van der Waals surface area contributed by atoms with Gasteiger partial charge in [-0.05, 0) is 43.5 Å². The SMILES string of the molecule is CCCC(O)(CCC)CC(=O)Nc1ccc(N2CCCC2=O)cc1. The lowest BCUT2D eigenvalue weighted by molar-refractivity contribution is -0.121. The van der Waals surface area contributed by atoms with Crippen molar-refractivity contribution < 1.29 is 14.7 Å². The molecule has 1 aromatic carbocycles. The van der Waals surface area contributed by atoms with Crippen LogP contribution in [0, 0.1) is 0 Å². The molecule has 0 radical (unpaired) electrons. The number of carbonyl (C=O) groups is 2. The second-order valence-corrected chi connectivity index (χ2v) is 6.65. The summed E-state index contributed by atoms with van der Waals surface area (Å²) in [4.78, 5) is 25.8. The third-order valence-electron chi connectivity index (χ3n) is 4.46. The maximum absolute atomic E-state index is 12.2. The van der Waals surface area contributed by atoms with E-state index >= 15 is 0 Å². The summed E-state index contributed by atoms with van der Waals surface area (Å²) in [5.74, 6) is -0.0274. The molecule has 0 atom stereocenters. The van der Waals surface area contributed by atoms with Crippen molar-refractivity contribution in [3.05, 3.63) is 24.3 Å². The number of hydrogen-bond acceptors (Lipinski definition) is 3. The zero-order chi connectivity index (χ0) is 17.6. The third kappa shape index (κ3) is 4.81. The van der Waals surface area contributed by atoms with Crippen LogP contribution in [0.5, 0.6) is 0 Å². The number of anilines is 2. The van der Waals surface area contributed by atoms with Crippen molar-refractivity contribution in [2.75, 3.05) is 16.8 Å². The Morgan fingerprint density at radius 3 is 2.33 bits per heavy atom. The quantitative estimate of drug-likeness (QED) is 0.766. The molecule has 24 heavy (non-hydrogen) atoms. The highest BCUT2D eigenvalue weighted by Crippen LogP contribution is 2.26. The number of aliphatic hydroxyl groups is 1. The molecule has 1 aliphatic heterocycles. The molecule has 2 rings (SSSR count). The summed E-state index contributed by atoms with van der Waals surface area (Å²) >= 11 is 0. The minimum absolute atomic E-state index is 0.112. The fraction of sp³-hybridized carbons (Fsp3) is 0.579. The molecule has 0 aliphatic carbocycles. The van der Waals surface area contributed by atoms with Crippen LogP contribution in [-0.2, 0) is 9.59 Å². The molecule has 5 nitrogen and oxygen atoms in total. The normalized spacial score (nSPS) is 15.0. The van der Waals surface area contributed by atoms with Crippen molar-refractivity contribution in [2.45, 2.75) is 64.4 Å². The van der Waals surface area contributed by atoms with E-state index in [0.717, 1.165) is 31.5 Å². The number of rotatable bonds is 8. The van der Waals surface area contributed by atoms with Crippen molar-refractivity contribution in [3.63, 3.8) is 0 Å². The summed E-state index contributed by atoms with van der Waals surface area (Å²) in [5, 5.41) is 13.4. The number of amides is 2. The third-order valence-corrected chi connectivity index (χ3v) is 4.46. The Kier molecular flexibility index (Phi) is 6.37. The van der Waals surface area contributed by atoms with E-state index in [1.807, 2.05) is 26.0 Å². The maximum atomic E-state index is 12.2. The van der Waals surface area contributed by atoms with Gasteiger partial charge >= 0.3 is 0 Å². The van der Waals surface area contributed by atoms with Gasteiger partial charge in [-0.25, -0.2) is 0 Å². The predicted octanol–water partition coefficient (Wildman–Crippen LogP) is 3.47. The lowest BCUT2D eigenvalue weighted by atomic mass is 9.89. The van der Waals surface area contributed by atoms with E-state index in [9.17, 15) is 14.7 Å². The van der Waals surface area contributed by atoms with Crippen LogP contribution in [0.1, 0.15) is 58.8 Å². The Hall–Kier alpha value is -1.88. The van der Waals surface area contributed by atoms with E-state index < -0.39 is 5.60 Å². The van der Waals surface area contributed by atoms with Gasteiger partial charge in [0.25, 0.3) is 0 Å². The number of hydrogen-bond donors (Lipinski definition) is 2. The van der Waals surface area contributed by atoms with Crippen LogP contribution in [-0.4, -0.2) is 29.1 Å². The molecule has 0 bridgehead atoms. The predicted molar refractivity (Wildman–Crippen MR) is 96.0 cm³/mol. The van der Waals surface area contributed by atoms with Gasteiger partial charge < -0.3 is 15.3 Å². The monoisotopic (exact) mass is 332 g/mol. The van der Waals surface area contributed by atoms with E-state index in [1.165, 1.54) is 0 Å². The molecule has 1 aromatic rings. The minimum atomic E-state index is -0.921. The summed E-state index contributed by atoms with van der Waals surface area (Å²) in [6.07, 6.45) is 4.57. The first-order chi connectivity index (χ1) is 11.5. The molecule has 1 saturated heterocycles. The highest BCUT2D eigenvalue weighted by Gasteiger charge is 2.28. The van der Waals surface area contributed by atoms with Crippen LogP contribution in [0.2, 0.25) is 0 Å². The molecule has 0 saturated carbocycles. The van der Waals surface area contributed by atoms with Crippen LogP contribution < -0.4 is 10.2 Å². The standard InChI is InChI=1S/C19H28N2O3/c1-3-11-19(24,12-4-2)14-17(22)20-15-7-9-16(10-8-15)21-13-5-6-18(21)23/h7-10,24H,3-6,11-14H2,1-2H3,(H,20,22). The zero-order valence-electron chi connectivity index (χ0n) is 14.7. The average molecular weight is 332 g/mol. The summed E-state index contributed by atoms with van der Waals surface area (Å²) in [6, 6.07) is 7.31. The van der Waals surface area contributed by atoms with Crippen LogP contribution in [0.25, 0.3) is 0 Å². The average Bonchev–Trinajstić information content (AvgIpc) is 2.94. The van der Waals surface area contributed by atoms with Crippen molar-refractivity contribution in [3.8, 4) is 0 Å².